The number of hydrogen-bond acceptors (Lipinski definition) is 6. The lowest BCUT2D eigenvalue weighted by atomic mass is 10.4. The molecule has 4 nitrogen and oxygen atoms in total. The van der Waals surface area contributed by atoms with Crippen molar-refractivity contribution in [1.29, 1.82) is 0 Å². The number of nitrogens with zero attached hydrogens (tertiary/aromatic N) is 3. The lowest BCUT2D eigenvalue weighted by Crippen LogP contribution is -2.17. The lowest BCUT2D eigenvalue weighted by molar-refractivity contribution is 0.845. The summed E-state index contributed by atoms with van der Waals surface area (Å²) in [5.41, 5.74) is 5.63. The second-order valence-electron chi connectivity index (χ2n) is 3.03. The Morgan fingerprint density at radius 2 is 2.23 bits per heavy atom. The van der Waals surface area contributed by atoms with Gasteiger partial charge in [-0.2, -0.15) is 0 Å². The molecule has 0 spiro atoms. The van der Waals surface area contributed by atoms with Crippen molar-refractivity contribution in [2.75, 3.05) is 24.7 Å². The highest BCUT2D eigenvalue weighted by molar-refractivity contribution is 8.01. The van der Waals surface area contributed by atoms with E-state index in [1.165, 1.54) is 0 Å². The minimum atomic E-state index is 0.205. The van der Waals surface area contributed by atoms with Crippen LogP contribution in [-0.2, 0) is 0 Å². The lowest BCUT2D eigenvalue weighted by Gasteiger charge is -2.04. The van der Waals surface area contributed by atoms with E-state index < -0.39 is 0 Å². The summed E-state index contributed by atoms with van der Waals surface area (Å²) in [6, 6.07) is 0.205. The maximum atomic E-state index is 5.63. The molecule has 0 saturated heterocycles. The monoisotopic (exact) mass is 218 g/mol. The van der Waals surface area contributed by atoms with E-state index in [4.69, 9.17) is 5.73 Å². The van der Waals surface area contributed by atoms with Crippen LogP contribution in [0.15, 0.2) is 4.34 Å². The van der Waals surface area contributed by atoms with Crippen LogP contribution in [0.2, 0.25) is 0 Å². The Labute approximate surface area is 86.5 Å². The molecule has 0 amide bonds. The summed E-state index contributed by atoms with van der Waals surface area (Å²) in [4.78, 5) is 1.95. The Morgan fingerprint density at radius 1 is 1.54 bits per heavy atom. The molecule has 1 rings (SSSR count). The number of anilines is 1. The van der Waals surface area contributed by atoms with Crippen molar-refractivity contribution < 1.29 is 0 Å². The van der Waals surface area contributed by atoms with Crippen molar-refractivity contribution in [2.45, 2.75) is 17.3 Å². The van der Waals surface area contributed by atoms with Crippen molar-refractivity contribution in [3.63, 3.8) is 0 Å². The van der Waals surface area contributed by atoms with Crippen LogP contribution in [0.25, 0.3) is 0 Å². The van der Waals surface area contributed by atoms with E-state index >= 15 is 0 Å². The van der Waals surface area contributed by atoms with Gasteiger partial charge in [0.25, 0.3) is 0 Å². The summed E-state index contributed by atoms with van der Waals surface area (Å²) in [5.74, 6) is 0.891. The molecule has 0 radical (unpaired) electrons. The van der Waals surface area contributed by atoms with Crippen molar-refractivity contribution >= 4 is 28.2 Å². The minimum Gasteiger partial charge on any atom is -0.353 e. The molecule has 0 aromatic carbocycles. The molecule has 0 unspecified atom stereocenters. The van der Waals surface area contributed by atoms with Gasteiger partial charge in [-0.3, -0.25) is 0 Å². The Kier molecular flexibility index (Phi) is 3.95. The molecule has 1 aromatic heterocycles. The van der Waals surface area contributed by atoms with Gasteiger partial charge in [-0.05, 0) is 6.92 Å². The molecule has 1 heterocycles. The molecule has 1 atom stereocenters. The van der Waals surface area contributed by atoms with E-state index in [9.17, 15) is 0 Å². The van der Waals surface area contributed by atoms with Gasteiger partial charge in [0.2, 0.25) is 5.13 Å². The first kappa shape index (κ1) is 10.7. The van der Waals surface area contributed by atoms with E-state index in [0.29, 0.717) is 0 Å². The number of aromatic nitrogens is 2. The summed E-state index contributed by atoms with van der Waals surface area (Å²) in [7, 11) is 3.92. The van der Waals surface area contributed by atoms with Gasteiger partial charge in [0, 0.05) is 25.9 Å². The van der Waals surface area contributed by atoms with Crippen molar-refractivity contribution in [2.24, 2.45) is 5.73 Å². The number of thioether (sulfide) groups is 1. The van der Waals surface area contributed by atoms with Crippen LogP contribution in [0.5, 0.6) is 0 Å². The summed E-state index contributed by atoms with van der Waals surface area (Å²) in [6.07, 6.45) is 0. The normalized spacial score (nSPS) is 12.9. The molecular weight excluding hydrogens is 204 g/mol. The smallest absolute Gasteiger partial charge is 0.208 e. The maximum absolute atomic E-state index is 5.63. The van der Waals surface area contributed by atoms with Crippen molar-refractivity contribution in [1.82, 2.24) is 10.2 Å². The molecule has 0 bridgehead atoms. The standard InChI is InChI=1S/C7H14N4S2/c1-5(8)4-12-7-10-9-6(13-7)11(2)3/h5H,4,8H2,1-3H3/t5-/m1/s1. The maximum Gasteiger partial charge on any atom is 0.208 e. The first-order valence-electron chi connectivity index (χ1n) is 3.99. The molecule has 0 aliphatic rings. The van der Waals surface area contributed by atoms with E-state index in [2.05, 4.69) is 10.2 Å². The number of hydrogen-bond donors (Lipinski definition) is 1. The largest absolute Gasteiger partial charge is 0.353 e. The third-order valence-corrected chi connectivity index (χ3v) is 3.76. The fourth-order valence-corrected chi connectivity index (χ4v) is 2.31. The molecule has 74 valence electrons. The Hall–Kier alpha value is -0.330. The van der Waals surface area contributed by atoms with E-state index in [0.717, 1.165) is 15.2 Å². The average Bonchev–Trinajstić information content (AvgIpc) is 2.48. The zero-order chi connectivity index (χ0) is 9.84. The molecule has 2 N–H and O–H groups in total. The van der Waals surface area contributed by atoms with Gasteiger partial charge in [-0.15, -0.1) is 10.2 Å². The fourth-order valence-electron chi connectivity index (χ4n) is 0.644. The van der Waals surface area contributed by atoms with Gasteiger partial charge < -0.3 is 10.6 Å². The van der Waals surface area contributed by atoms with Crippen LogP contribution in [-0.4, -0.2) is 36.1 Å². The Bertz CT molecular complexity index is 259. The molecule has 13 heavy (non-hydrogen) atoms. The van der Waals surface area contributed by atoms with Gasteiger partial charge >= 0.3 is 0 Å². The Balaban J connectivity index is 2.49. The van der Waals surface area contributed by atoms with Crippen LogP contribution >= 0.6 is 23.1 Å². The average molecular weight is 218 g/mol. The van der Waals surface area contributed by atoms with Gasteiger partial charge in [-0.25, -0.2) is 0 Å². The van der Waals surface area contributed by atoms with Crippen LogP contribution in [0.3, 0.4) is 0 Å². The highest BCUT2D eigenvalue weighted by Crippen LogP contribution is 2.26. The zero-order valence-corrected chi connectivity index (χ0v) is 9.65. The molecule has 6 heteroatoms. The van der Waals surface area contributed by atoms with Crippen molar-refractivity contribution in [3.05, 3.63) is 0 Å². The second kappa shape index (κ2) is 4.78. The molecule has 0 aliphatic carbocycles. The van der Waals surface area contributed by atoms with E-state index in [-0.39, 0.29) is 6.04 Å². The third kappa shape index (κ3) is 3.50. The summed E-state index contributed by atoms with van der Waals surface area (Å²) < 4.78 is 0.987. The van der Waals surface area contributed by atoms with Crippen LogP contribution in [0.1, 0.15) is 6.92 Å². The molecule has 1 aromatic rings. The highest BCUT2D eigenvalue weighted by Gasteiger charge is 2.06. The predicted molar refractivity (Wildman–Crippen MR) is 58.6 cm³/mol. The second-order valence-corrected chi connectivity index (χ2v) is 5.26. The first-order valence-corrected chi connectivity index (χ1v) is 5.79. The van der Waals surface area contributed by atoms with Crippen LogP contribution in [0.4, 0.5) is 5.13 Å². The molecule has 0 saturated carbocycles. The topological polar surface area (TPSA) is 55.0 Å². The quantitative estimate of drug-likeness (QED) is 0.765. The van der Waals surface area contributed by atoms with Crippen LogP contribution < -0.4 is 10.6 Å². The SMILES string of the molecule is C[C@@H](N)CSc1nnc(N(C)C)s1. The molecular formula is C7H14N4S2. The Morgan fingerprint density at radius 3 is 2.69 bits per heavy atom. The molecule has 0 fully saturated rings. The highest BCUT2D eigenvalue weighted by atomic mass is 32.2. The van der Waals surface area contributed by atoms with Crippen LogP contribution in [0, 0.1) is 0 Å². The molecule has 0 aliphatic heterocycles. The van der Waals surface area contributed by atoms with Gasteiger partial charge in [0.15, 0.2) is 4.34 Å². The van der Waals surface area contributed by atoms with Gasteiger partial charge in [0.05, 0.1) is 0 Å². The minimum absolute atomic E-state index is 0.205. The third-order valence-electron chi connectivity index (χ3n) is 1.25. The van der Waals surface area contributed by atoms with Gasteiger partial charge in [0.1, 0.15) is 0 Å². The predicted octanol–water partition coefficient (Wildman–Crippen LogP) is 1.04. The number of nitrogens with two attached hydrogens (primary N) is 1. The van der Waals surface area contributed by atoms with Gasteiger partial charge in [-0.1, -0.05) is 23.1 Å². The number of rotatable bonds is 4. The summed E-state index contributed by atoms with van der Waals surface area (Å²) in [5, 5.41) is 9.01. The summed E-state index contributed by atoms with van der Waals surface area (Å²) >= 11 is 3.25. The first-order chi connectivity index (χ1) is 6.09. The fraction of sp³-hybridized carbons (Fsp3) is 0.714. The van der Waals surface area contributed by atoms with E-state index in [1.807, 2.05) is 25.9 Å². The zero-order valence-electron chi connectivity index (χ0n) is 8.02. The van der Waals surface area contributed by atoms with E-state index in [1.54, 1.807) is 23.1 Å². The summed E-state index contributed by atoms with van der Waals surface area (Å²) in [6.45, 7) is 1.99. The van der Waals surface area contributed by atoms with Crippen molar-refractivity contribution in [3.8, 4) is 0 Å².